The van der Waals surface area contributed by atoms with Crippen molar-refractivity contribution in [2.24, 2.45) is 5.10 Å². The quantitative estimate of drug-likeness (QED) is 0.362. The number of benzene rings is 1. The van der Waals surface area contributed by atoms with Crippen LogP contribution in [-0.4, -0.2) is 39.0 Å². The Bertz CT molecular complexity index is 859. The van der Waals surface area contributed by atoms with Gasteiger partial charge in [-0.25, -0.2) is 15.3 Å². The van der Waals surface area contributed by atoms with Crippen molar-refractivity contribution in [3.63, 3.8) is 0 Å². The van der Waals surface area contributed by atoms with Gasteiger partial charge in [-0.2, -0.15) is 5.10 Å². The summed E-state index contributed by atoms with van der Waals surface area (Å²) in [6, 6.07) is 4.41. The number of aromatic nitrogens is 3. The smallest absolute Gasteiger partial charge is 0.342 e. The van der Waals surface area contributed by atoms with E-state index in [0.29, 0.717) is 5.56 Å². The van der Waals surface area contributed by atoms with E-state index in [0.717, 1.165) is 0 Å². The highest BCUT2D eigenvalue weighted by molar-refractivity contribution is 6.32. The predicted molar refractivity (Wildman–Crippen MR) is 82.8 cm³/mol. The van der Waals surface area contributed by atoms with Gasteiger partial charge in [-0.3, -0.25) is 14.6 Å². The maximum atomic E-state index is 11.5. The number of H-pyrrole nitrogens is 2. The molecule has 0 aliphatic rings. The van der Waals surface area contributed by atoms with E-state index in [1.165, 1.54) is 18.3 Å². The first-order valence-corrected chi connectivity index (χ1v) is 6.57. The van der Waals surface area contributed by atoms with E-state index in [1.807, 2.05) is 10.1 Å². The highest BCUT2D eigenvalue weighted by Crippen LogP contribution is 2.22. The highest BCUT2D eigenvalue weighted by atomic mass is 35.5. The van der Waals surface area contributed by atoms with Crippen molar-refractivity contribution in [1.82, 2.24) is 20.6 Å². The largest absolute Gasteiger partial charge is 0.506 e. The average molecular weight is 339 g/mol. The van der Waals surface area contributed by atoms with Crippen LogP contribution in [0.15, 0.2) is 32.9 Å². The van der Waals surface area contributed by atoms with Gasteiger partial charge in [0.15, 0.2) is 0 Å². The molecule has 1 aromatic heterocycles. The van der Waals surface area contributed by atoms with E-state index >= 15 is 0 Å². The number of nitrogens with zero attached hydrogens (tertiary/aromatic N) is 2. The molecule has 0 bridgehead atoms. The minimum atomic E-state index is -0.748. The van der Waals surface area contributed by atoms with Crippen LogP contribution in [0, 0.1) is 0 Å². The van der Waals surface area contributed by atoms with Crippen LogP contribution >= 0.6 is 11.6 Å². The van der Waals surface area contributed by atoms with Crippen molar-refractivity contribution in [3.8, 4) is 5.75 Å². The molecule has 10 nitrogen and oxygen atoms in total. The summed E-state index contributed by atoms with van der Waals surface area (Å²) in [5.41, 5.74) is 1.29. The Morgan fingerprint density at radius 2 is 2.22 bits per heavy atom. The molecule has 5 N–H and O–H groups in total. The number of amides is 1. The van der Waals surface area contributed by atoms with Crippen LogP contribution in [-0.2, 0) is 4.79 Å². The summed E-state index contributed by atoms with van der Waals surface area (Å²) in [5.74, 6) is -0.803. The summed E-state index contributed by atoms with van der Waals surface area (Å²) in [6.45, 7) is -0.282. The number of aromatic amines is 2. The fourth-order valence-corrected chi connectivity index (χ4v) is 1.64. The molecule has 0 spiro atoms. The van der Waals surface area contributed by atoms with Crippen molar-refractivity contribution in [3.05, 3.63) is 49.6 Å². The van der Waals surface area contributed by atoms with Crippen LogP contribution in [0.4, 0.5) is 5.82 Å². The van der Waals surface area contributed by atoms with Gasteiger partial charge in [-0.05, 0) is 23.8 Å². The first-order valence-electron chi connectivity index (χ1n) is 6.19. The Kier molecular flexibility index (Phi) is 5.10. The van der Waals surface area contributed by atoms with E-state index < -0.39 is 17.2 Å². The highest BCUT2D eigenvalue weighted by Gasteiger charge is 2.04. The molecule has 1 heterocycles. The molecule has 0 radical (unpaired) electrons. The normalized spacial score (nSPS) is 10.7. The molecule has 2 rings (SSSR count). The summed E-state index contributed by atoms with van der Waals surface area (Å²) < 4.78 is 0. The third kappa shape index (κ3) is 4.68. The lowest BCUT2D eigenvalue weighted by molar-refractivity contribution is -0.119. The van der Waals surface area contributed by atoms with Crippen LogP contribution in [0.2, 0.25) is 5.02 Å². The number of carbonyl (C=O) groups is 1. The molecule has 0 atom stereocenters. The summed E-state index contributed by atoms with van der Waals surface area (Å²) in [6.07, 6.45) is 1.33. The van der Waals surface area contributed by atoms with Crippen molar-refractivity contribution < 1.29 is 9.90 Å². The SMILES string of the molecule is O=C(CNc1n[nH]c(=O)[nH]c1=O)N/N=C/c1ccc(O)c(Cl)c1. The second kappa shape index (κ2) is 7.22. The van der Waals surface area contributed by atoms with E-state index in [1.54, 1.807) is 6.07 Å². The molecule has 1 amide bonds. The Hall–Kier alpha value is -3.14. The molecule has 1 aromatic carbocycles. The number of phenols is 1. The maximum Gasteiger partial charge on any atom is 0.342 e. The number of phenolic OH excluding ortho intramolecular Hbond substituents is 1. The van der Waals surface area contributed by atoms with Gasteiger partial charge in [0.05, 0.1) is 17.8 Å². The number of aromatic hydroxyl groups is 1. The molecule has 0 saturated carbocycles. The lowest BCUT2D eigenvalue weighted by Gasteiger charge is -2.02. The van der Waals surface area contributed by atoms with E-state index in [9.17, 15) is 19.5 Å². The topological polar surface area (TPSA) is 152 Å². The Morgan fingerprint density at radius 3 is 2.91 bits per heavy atom. The van der Waals surface area contributed by atoms with Crippen LogP contribution in [0.3, 0.4) is 0 Å². The molecular formula is C12H11ClN6O4. The summed E-state index contributed by atoms with van der Waals surface area (Å²) in [4.78, 5) is 35.6. The molecule has 0 saturated heterocycles. The van der Waals surface area contributed by atoms with Gasteiger partial charge >= 0.3 is 5.69 Å². The fraction of sp³-hybridized carbons (Fsp3) is 0.0833. The van der Waals surface area contributed by atoms with Crippen LogP contribution in [0.25, 0.3) is 0 Å². The van der Waals surface area contributed by atoms with Crippen molar-refractivity contribution in [2.75, 3.05) is 11.9 Å². The zero-order valence-corrected chi connectivity index (χ0v) is 12.2. The zero-order valence-electron chi connectivity index (χ0n) is 11.5. The monoisotopic (exact) mass is 338 g/mol. The third-order valence-corrected chi connectivity index (χ3v) is 2.81. The predicted octanol–water partition coefficient (Wildman–Crippen LogP) is -0.621. The summed E-state index contributed by atoms with van der Waals surface area (Å²) in [7, 11) is 0. The van der Waals surface area contributed by atoms with E-state index in [4.69, 9.17) is 11.6 Å². The Balaban J connectivity index is 1.87. The fourth-order valence-electron chi connectivity index (χ4n) is 1.45. The second-order valence-corrected chi connectivity index (χ2v) is 4.62. The van der Waals surface area contributed by atoms with Gasteiger partial charge in [0, 0.05) is 0 Å². The Labute approximate surface area is 133 Å². The minimum absolute atomic E-state index is 0.0596. The number of anilines is 1. The minimum Gasteiger partial charge on any atom is -0.506 e. The summed E-state index contributed by atoms with van der Waals surface area (Å²) >= 11 is 5.73. The zero-order chi connectivity index (χ0) is 16.8. The van der Waals surface area contributed by atoms with Crippen LogP contribution < -0.4 is 22.0 Å². The molecule has 0 aliphatic heterocycles. The molecule has 11 heteroatoms. The molecule has 0 aliphatic carbocycles. The van der Waals surface area contributed by atoms with Gasteiger partial charge < -0.3 is 10.4 Å². The number of nitrogens with one attached hydrogen (secondary N) is 4. The molecule has 23 heavy (non-hydrogen) atoms. The van der Waals surface area contributed by atoms with Crippen molar-refractivity contribution >= 4 is 29.5 Å². The van der Waals surface area contributed by atoms with Crippen molar-refractivity contribution in [1.29, 1.82) is 0 Å². The number of hydrogen-bond donors (Lipinski definition) is 5. The number of carbonyl (C=O) groups excluding carboxylic acids is 1. The number of halogens is 1. The van der Waals surface area contributed by atoms with Gasteiger partial charge in [-0.1, -0.05) is 11.6 Å². The average Bonchev–Trinajstić information content (AvgIpc) is 2.50. The van der Waals surface area contributed by atoms with Gasteiger partial charge in [0.2, 0.25) is 5.82 Å². The first-order chi connectivity index (χ1) is 11.0. The van der Waals surface area contributed by atoms with Gasteiger partial charge in [0.25, 0.3) is 11.5 Å². The van der Waals surface area contributed by atoms with Crippen LogP contribution in [0.1, 0.15) is 5.56 Å². The van der Waals surface area contributed by atoms with E-state index in [2.05, 4.69) is 20.9 Å². The van der Waals surface area contributed by atoms with Crippen LogP contribution in [0.5, 0.6) is 5.75 Å². The van der Waals surface area contributed by atoms with Gasteiger partial charge in [-0.15, -0.1) is 5.10 Å². The molecule has 0 unspecified atom stereocenters. The molecular weight excluding hydrogens is 328 g/mol. The first kappa shape index (κ1) is 16.2. The third-order valence-electron chi connectivity index (χ3n) is 2.50. The molecule has 0 fully saturated rings. The standard InChI is InChI=1S/C12H11ClN6O4/c13-7-3-6(1-2-8(7)20)4-15-17-9(21)5-14-10-11(22)16-12(23)19-18-10/h1-4,20H,5H2,(H,14,18)(H,17,21)(H2,16,19,22,23)/b15-4+. The lowest BCUT2D eigenvalue weighted by atomic mass is 10.2. The number of rotatable bonds is 5. The second-order valence-electron chi connectivity index (χ2n) is 4.21. The summed E-state index contributed by atoms with van der Waals surface area (Å²) in [5, 5.41) is 21.0. The Morgan fingerprint density at radius 1 is 1.43 bits per heavy atom. The number of hydrazone groups is 1. The van der Waals surface area contributed by atoms with Gasteiger partial charge in [0.1, 0.15) is 5.75 Å². The number of hydrogen-bond acceptors (Lipinski definition) is 7. The maximum absolute atomic E-state index is 11.5. The molecule has 120 valence electrons. The lowest BCUT2D eigenvalue weighted by Crippen LogP contribution is -2.31. The molecule has 2 aromatic rings. The van der Waals surface area contributed by atoms with E-state index in [-0.39, 0.29) is 23.1 Å². The van der Waals surface area contributed by atoms with Crippen molar-refractivity contribution in [2.45, 2.75) is 0 Å².